The first-order valence-electron chi connectivity index (χ1n) is 11.8. The Balaban J connectivity index is 1.35. The van der Waals surface area contributed by atoms with Gasteiger partial charge in [-0.15, -0.1) is 0 Å². The topological polar surface area (TPSA) is 99.8 Å². The summed E-state index contributed by atoms with van der Waals surface area (Å²) in [6.07, 6.45) is 0.819. The van der Waals surface area contributed by atoms with Gasteiger partial charge >= 0.3 is 18.1 Å². The minimum Gasteiger partial charge on any atom is -0.491 e. The second-order valence-corrected chi connectivity index (χ2v) is 8.87. The number of urea groups is 1. The second-order valence-electron chi connectivity index (χ2n) is 8.87. The van der Waals surface area contributed by atoms with Crippen molar-refractivity contribution >= 4 is 23.2 Å². The molecule has 35 heavy (non-hydrogen) atoms. The molecule has 0 atom stereocenters. The fourth-order valence-corrected chi connectivity index (χ4v) is 4.57. The first-order valence-corrected chi connectivity index (χ1v) is 11.8. The van der Waals surface area contributed by atoms with Crippen LogP contribution in [0.1, 0.15) is 18.4 Å². The minimum absolute atomic E-state index is 0.0216. The van der Waals surface area contributed by atoms with Gasteiger partial charge in [0, 0.05) is 25.7 Å². The van der Waals surface area contributed by atoms with E-state index in [1.165, 1.54) is 7.05 Å². The molecule has 1 saturated heterocycles. The number of rotatable bonds is 3. The number of hydrogen-bond acceptors (Lipinski definition) is 5. The van der Waals surface area contributed by atoms with Gasteiger partial charge in [0.05, 0.1) is 30.8 Å². The van der Waals surface area contributed by atoms with E-state index >= 15 is 0 Å². The smallest absolute Gasteiger partial charge is 0.414 e. The maximum atomic E-state index is 13.2. The van der Waals surface area contributed by atoms with Crippen LogP contribution in [0.4, 0.5) is 14.0 Å². The third-order valence-corrected chi connectivity index (χ3v) is 6.60. The number of amides is 3. The molecule has 2 aliphatic heterocycles. The van der Waals surface area contributed by atoms with Crippen LogP contribution in [0, 0.1) is 5.92 Å². The number of aromatic amines is 1. The molecule has 0 bridgehead atoms. The van der Waals surface area contributed by atoms with Crippen molar-refractivity contribution in [2.45, 2.75) is 19.4 Å². The van der Waals surface area contributed by atoms with Crippen LogP contribution < -0.4 is 14.8 Å². The Labute approximate surface area is 202 Å². The number of carbonyl (C=O) groups is 2. The molecule has 2 aromatic carbocycles. The summed E-state index contributed by atoms with van der Waals surface area (Å²) in [7, 11) is 1.48. The van der Waals surface area contributed by atoms with E-state index in [2.05, 4.69) is 15.3 Å². The summed E-state index contributed by atoms with van der Waals surface area (Å²) >= 11 is 0. The van der Waals surface area contributed by atoms with Crippen LogP contribution in [-0.2, 0) is 6.54 Å². The van der Waals surface area contributed by atoms with E-state index in [1.54, 1.807) is 0 Å². The van der Waals surface area contributed by atoms with E-state index < -0.39 is 6.09 Å². The van der Waals surface area contributed by atoms with Gasteiger partial charge in [-0.2, -0.15) is 4.98 Å². The Morgan fingerprint density at radius 2 is 1.91 bits per heavy atom. The number of piperidine rings is 1. The predicted molar refractivity (Wildman–Crippen MR) is 128 cm³/mol. The number of benzene rings is 2. The number of imidazole rings is 1. The summed E-state index contributed by atoms with van der Waals surface area (Å²) in [6.45, 7) is 2.23. The summed E-state index contributed by atoms with van der Waals surface area (Å²) in [5.74, 6) is 0.831. The fraction of sp³-hybridized carbons (Fsp3) is 0.400. The lowest BCUT2D eigenvalue weighted by Crippen LogP contribution is -2.47. The van der Waals surface area contributed by atoms with Crippen LogP contribution in [-0.4, -0.2) is 71.9 Å². The number of fused-ring (bicyclic) bond motifs is 2. The van der Waals surface area contributed by atoms with E-state index in [1.807, 2.05) is 46.2 Å². The van der Waals surface area contributed by atoms with Crippen LogP contribution in [0.25, 0.3) is 22.2 Å². The zero-order valence-electron chi connectivity index (χ0n) is 19.6. The van der Waals surface area contributed by atoms with Gasteiger partial charge in [0.1, 0.15) is 12.4 Å². The Morgan fingerprint density at radius 3 is 2.69 bits per heavy atom. The molecule has 10 heteroatoms. The molecule has 184 valence electrons. The van der Waals surface area contributed by atoms with Crippen LogP contribution in [0.3, 0.4) is 0 Å². The normalized spacial score (nSPS) is 16.4. The minimum atomic E-state index is -0.596. The fourth-order valence-electron chi connectivity index (χ4n) is 4.57. The highest BCUT2D eigenvalue weighted by atomic mass is 19.1. The lowest BCUT2D eigenvalue weighted by molar-refractivity contribution is 0.122. The average molecular weight is 482 g/mol. The molecule has 3 amide bonds. The molecule has 0 aliphatic carbocycles. The van der Waals surface area contributed by atoms with E-state index in [9.17, 15) is 14.0 Å². The van der Waals surface area contributed by atoms with Crippen molar-refractivity contribution in [2.24, 2.45) is 5.92 Å². The van der Waals surface area contributed by atoms with Crippen molar-refractivity contribution in [3.8, 4) is 22.9 Å². The van der Waals surface area contributed by atoms with Crippen LogP contribution in [0.5, 0.6) is 11.8 Å². The van der Waals surface area contributed by atoms with Crippen molar-refractivity contribution in [3.05, 3.63) is 42.0 Å². The number of ether oxygens (including phenoxy) is 2. The molecule has 1 aromatic heterocycles. The van der Waals surface area contributed by atoms with Crippen molar-refractivity contribution in [1.82, 2.24) is 25.1 Å². The standard InChI is InChI=1S/C25H28FN5O4/c1-27-24(32)35-23-28-20-4-2-18(13-21(20)29-23)17-3-5-22-19(12-17)15-31(10-11-34-22)25(33)30-8-6-16(14-26)7-9-30/h2-5,12-13,16H,6-11,14-15H2,1H3,(H,27,32)(H,28,29). The third kappa shape index (κ3) is 4.87. The van der Waals surface area contributed by atoms with Crippen molar-refractivity contribution in [3.63, 3.8) is 0 Å². The highest BCUT2D eigenvalue weighted by Crippen LogP contribution is 2.31. The van der Waals surface area contributed by atoms with Gasteiger partial charge in [0.25, 0.3) is 0 Å². The molecule has 0 unspecified atom stereocenters. The summed E-state index contributed by atoms with van der Waals surface area (Å²) in [6, 6.07) is 11.8. The number of halogens is 1. The number of aromatic nitrogens is 2. The molecule has 2 N–H and O–H groups in total. The van der Waals surface area contributed by atoms with Crippen LogP contribution in [0.2, 0.25) is 0 Å². The molecule has 9 nitrogen and oxygen atoms in total. The largest absolute Gasteiger partial charge is 0.491 e. The molecule has 3 aromatic rings. The van der Waals surface area contributed by atoms with Gasteiger partial charge in [-0.25, -0.2) is 9.59 Å². The molecule has 0 spiro atoms. The van der Waals surface area contributed by atoms with Gasteiger partial charge in [-0.3, -0.25) is 4.39 Å². The number of carbonyl (C=O) groups excluding carboxylic acids is 2. The number of hydrogen-bond donors (Lipinski definition) is 2. The van der Waals surface area contributed by atoms with Crippen LogP contribution in [0.15, 0.2) is 36.4 Å². The highest BCUT2D eigenvalue weighted by Gasteiger charge is 2.28. The van der Waals surface area contributed by atoms with E-state index in [4.69, 9.17) is 9.47 Å². The molecule has 5 rings (SSSR count). The average Bonchev–Trinajstić information content (AvgIpc) is 3.16. The summed E-state index contributed by atoms with van der Waals surface area (Å²) in [5, 5.41) is 2.39. The number of nitrogens with zero attached hydrogens (tertiary/aromatic N) is 3. The Morgan fingerprint density at radius 1 is 1.14 bits per heavy atom. The molecule has 1 fully saturated rings. The highest BCUT2D eigenvalue weighted by molar-refractivity contribution is 5.83. The number of nitrogens with one attached hydrogen (secondary N) is 2. The van der Waals surface area contributed by atoms with Gasteiger partial charge in [-0.1, -0.05) is 12.1 Å². The predicted octanol–water partition coefficient (Wildman–Crippen LogP) is 3.94. The van der Waals surface area contributed by atoms with Gasteiger partial charge < -0.3 is 29.6 Å². The molecule has 0 radical (unpaired) electrons. The molecule has 0 saturated carbocycles. The molecular formula is C25H28FN5O4. The lowest BCUT2D eigenvalue weighted by atomic mass is 9.98. The lowest BCUT2D eigenvalue weighted by Gasteiger charge is -2.34. The van der Waals surface area contributed by atoms with Gasteiger partial charge in [0.15, 0.2) is 0 Å². The first-order chi connectivity index (χ1) is 17.0. The zero-order valence-corrected chi connectivity index (χ0v) is 19.6. The quantitative estimate of drug-likeness (QED) is 0.590. The van der Waals surface area contributed by atoms with Crippen LogP contribution >= 0.6 is 0 Å². The van der Waals surface area contributed by atoms with Gasteiger partial charge in [0.2, 0.25) is 0 Å². The maximum Gasteiger partial charge on any atom is 0.414 e. The SMILES string of the molecule is CNC(=O)Oc1nc2ccc(-c3ccc4c(c3)CN(C(=O)N3CCC(CF)CC3)CCO4)cc2[nH]1. The first kappa shape index (κ1) is 22.9. The summed E-state index contributed by atoms with van der Waals surface area (Å²) < 4.78 is 24.0. The van der Waals surface area contributed by atoms with Gasteiger partial charge in [-0.05, 0) is 54.2 Å². The summed E-state index contributed by atoms with van der Waals surface area (Å²) in [4.78, 5) is 35.5. The van der Waals surface area contributed by atoms with E-state index in [0.29, 0.717) is 51.1 Å². The monoisotopic (exact) mass is 481 g/mol. The second kappa shape index (κ2) is 9.81. The summed E-state index contributed by atoms with van der Waals surface area (Å²) in [5.41, 5.74) is 4.27. The van der Waals surface area contributed by atoms with Crippen molar-refractivity contribution in [2.75, 3.05) is 40.0 Å². The Bertz CT molecular complexity index is 1240. The maximum absolute atomic E-state index is 13.2. The number of likely N-dealkylation sites (tertiary alicyclic amines) is 1. The third-order valence-electron chi connectivity index (χ3n) is 6.60. The number of alkyl halides is 1. The van der Waals surface area contributed by atoms with Crippen molar-refractivity contribution < 1.29 is 23.5 Å². The Kier molecular flexibility index (Phi) is 6.43. The van der Waals surface area contributed by atoms with Crippen molar-refractivity contribution in [1.29, 1.82) is 0 Å². The molecule has 3 heterocycles. The van der Waals surface area contributed by atoms with E-state index in [-0.39, 0.29) is 24.6 Å². The zero-order chi connectivity index (χ0) is 24.4. The Hall–Kier alpha value is -3.82. The molecule has 2 aliphatic rings. The number of H-pyrrole nitrogens is 1. The molecular weight excluding hydrogens is 453 g/mol. The van der Waals surface area contributed by atoms with E-state index in [0.717, 1.165) is 28.0 Å².